The van der Waals surface area contributed by atoms with Crippen LogP contribution in [0.3, 0.4) is 0 Å². The van der Waals surface area contributed by atoms with Crippen molar-refractivity contribution in [3.8, 4) is 0 Å². The first kappa shape index (κ1) is 5.33. The second-order valence-electron chi connectivity index (χ2n) is 0.597. The Balaban J connectivity index is 2.61. The summed E-state index contributed by atoms with van der Waals surface area (Å²) >= 11 is 0.941. The van der Waals surface area contributed by atoms with Crippen LogP contribution in [0.15, 0.2) is 0 Å². The van der Waals surface area contributed by atoms with Crippen LogP contribution >= 0.6 is 0 Å². The van der Waals surface area contributed by atoms with Crippen LogP contribution in [0.2, 0.25) is 0 Å². The molecular formula is C2H2Sb3. The zero-order valence-electron chi connectivity index (χ0n) is 2.47. The van der Waals surface area contributed by atoms with E-state index >= 15 is 0 Å². The number of rotatable bonds is 0. The summed E-state index contributed by atoms with van der Waals surface area (Å²) in [7, 11) is 0. The number of hydrogen-bond acceptors (Lipinski definition) is 0. The first-order valence-electron chi connectivity index (χ1n) is 1.21. The van der Waals surface area contributed by atoms with E-state index in [4.69, 9.17) is 0 Å². The first-order chi connectivity index (χ1) is 2.50. The predicted molar refractivity (Wildman–Crippen MR) is 29.7 cm³/mol. The second kappa shape index (κ2) is 3.23. The summed E-state index contributed by atoms with van der Waals surface area (Å²) in [5.74, 6) is 0. The van der Waals surface area contributed by atoms with Crippen LogP contribution in [0.1, 0.15) is 0 Å². The van der Waals surface area contributed by atoms with Gasteiger partial charge in [0, 0.05) is 0 Å². The minimum absolute atomic E-state index is 0.234. The van der Waals surface area contributed by atoms with Gasteiger partial charge in [0.15, 0.2) is 0 Å². The van der Waals surface area contributed by atoms with Crippen LogP contribution in [0.5, 0.6) is 0 Å². The molecule has 0 aromatic heterocycles. The Kier molecular flexibility index (Phi) is 3.44. The van der Waals surface area contributed by atoms with Gasteiger partial charge in [-0.3, -0.25) is 0 Å². The van der Waals surface area contributed by atoms with Gasteiger partial charge in [0.25, 0.3) is 0 Å². The molecule has 0 unspecified atom stereocenters. The van der Waals surface area contributed by atoms with Gasteiger partial charge < -0.3 is 0 Å². The summed E-state index contributed by atoms with van der Waals surface area (Å²) in [5.41, 5.74) is 0. The van der Waals surface area contributed by atoms with E-state index in [9.17, 15) is 0 Å². The third-order valence-corrected chi connectivity index (χ3v) is 40.9. The van der Waals surface area contributed by atoms with E-state index in [1.165, 1.54) is 0 Å². The van der Waals surface area contributed by atoms with Gasteiger partial charge in [-0.25, -0.2) is 0 Å². The van der Waals surface area contributed by atoms with E-state index < -0.39 is 0 Å². The molecule has 0 atom stereocenters. The summed E-state index contributed by atoms with van der Waals surface area (Å²) in [6.07, 6.45) is 0. The van der Waals surface area contributed by atoms with E-state index in [1.807, 2.05) is 0 Å². The van der Waals surface area contributed by atoms with Crippen molar-refractivity contribution in [3.05, 3.63) is 0 Å². The molecule has 1 rings (SSSR count). The molecule has 0 spiro atoms. The molecule has 0 aromatic carbocycles. The van der Waals surface area contributed by atoms with E-state index in [0.717, 1.165) is 0 Å². The third kappa shape index (κ3) is 2.11. The molecule has 0 aromatic rings. The molecule has 0 N–H and O–H groups in total. The molecule has 1 heterocycles. The fraction of sp³-hybridized carbons (Fsp3) is 0. The van der Waals surface area contributed by atoms with Gasteiger partial charge >= 0.3 is 59.4 Å². The van der Waals surface area contributed by atoms with Crippen molar-refractivity contribution in [2.75, 3.05) is 0 Å². The Morgan fingerprint density at radius 3 is 3.00 bits per heavy atom. The standard InChI is InChI=1S/CH.C.3Sb.H/h1H;;;;;. The van der Waals surface area contributed by atoms with Crippen molar-refractivity contribution < 1.29 is 0 Å². The zero-order chi connectivity index (χ0) is 3.54. The van der Waals surface area contributed by atoms with Crippen LogP contribution in [0, 0.1) is 0 Å². The van der Waals surface area contributed by atoms with Gasteiger partial charge in [0.1, 0.15) is 0 Å². The molecule has 25 valence electrons. The van der Waals surface area contributed by atoms with Gasteiger partial charge in [-0.1, -0.05) is 0 Å². The molecule has 0 fully saturated rings. The molecule has 5 heavy (non-hydrogen) atoms. The van der Waals surface area contributed by atoms with E-state index in [1.54, 1.807) is 0 Å². The molecule has 1 radical (unpaired) electrons. The fourth-order valence-corrected chi connectivity index (χ4v) is 43.6. The van der Waals surface area contributed by atoms with Crippen molar-refractivity contribution in [3.63, 3.8) is 0 Å². The molecule has 0 saturated heterocycles. The average Bonchev–Trinajstić information content (AvgIpc) is 1.76. The van der Waals surface area contributed by atoms with Crippen LogP contribution < -0.4 is 0 Å². The minimum atomic E-state index is 0.234. The zero-order valence-corrected chi connectivity index (χ0v) is 10.4. The van der Waals surface area contributed by atoms with E-state index in [2.05, 4.69) is 3.79 Å². The molecule has 0 bridgehead atoms. The van der Waals surface area contributed by atoms with Gasteiger partial charge in [0.05, 0.1) is 0 Å². The molecule has 0 amide bonds. The quantitative estimate of drug-likeness (QED) is 0.426. The molecule has 0 aliphatic carbocycles. The number of hydrogen-bond donors (Lipinski definition) is 0. The van der Waals surface area contributed by atoms with Gasteiger partial charge in [0.2, 0.25) is 0 Å². The molecule has 3 heteroatoms. The van der Waals surface area contributed by atoms with Crippen molar-refractivity contribution in [1.29, 1.82) is 0 Å². The van der Waals surface area contributed by atoms with Crippen LogP contribution in [0.25, 0.3) is 0 Å². The molecule has 1 aliphatic heterocycles. The SMILES string of the molecule is [C]1=[Sb][CH]=[Sb][SbH]1. The molecule has 0 nitrogen and oxygen atoms in total. The Bertz CT molecular complexity index is 63.0. The normalized spacial score (nSPS) is 17.6. The van der Waals surface area contributed by atoms with Crippen molar-refractivity contribution in [2.45, 2.75) is 0 Å². The van der Waals surface area contributed by atoms with Gasteiger partial charge in [-0.2, -0.15) is 0 Å². The topological polar surface area (TPSA) is 0 Å². The molecule has 1 aliphatic rings. The van der Waals surface area contributed by atoms with Crippen molar-refractivity contribution >= 4 is 59.4 Å². The van der Waals surface area contributed by atoms with E-state index in [-0.39, 0.29) is 38.6 Å². The summed E-state index contributed by atoms with van der Waals surface area (Å²) in [6.45, 7) is 0. The Morgan fingerprint density at radius 1 is 1.80 bits per heavy atom. The van der Waals surface area contributed by atoms with Crippen molar-refractivity contribution in [2.24, 2.45) is 0 Å². The third-order valence-electron chi connectivity index (χ3n) is 0.295. The van der Waals surface area contributed by atoms with Gasteiger partial charge in [-0.15, -0.1) is 0 Å². The summed E-state index contributed by atoms with van der Waals surface area (Å²) in [6, 6.07) is 0. The van der Waals surface area contributed by atoms with Crippen molar-refractivity contribution in [1.82, 2.24) is 0 Å². The van der Waals surface area contributed by atoms with Crippen LogP contribution in [0.4, 0.5) is 0 Å². The maximum atomic E-state index is 3.55. The summed E-state index contributed by atoms with van der Waals surface area (Å²) < 4.78 is 6.18. The van der Waals surface area contributed by atoms with Crippen LogP contribution in [-0.4, -0.2) is 59.4 Å². The average molecular weight is 391 g/mol. The predicted octanol–water partition coefficient (Wildman–Crippen LogP) is -1.84. The monoisotopic (exact) mass is 389 g/mol. The Morgan fingerprint density at radius 2 is 2.80 bits per heavy atom. The first-order valence-corrected chi connectivity index (χ1v) is 16.7. The van der Waals surface area contributed by atoms with Gasteiger partial charge in [-0.05, 0) is 0 Å². The molecule has 0 saturated carbocycles. The maximum absolute atomic E-state index is 3.55. The summed E-state index contributed by atoms with van der Waals surface area (Å²) in [4.78, 5) is 0. The Labute approximate surface area is 58.1 Å². The Hall–Kier alpha value is 2.19. The molecular weight excluding hydrogens is 389 g/mol. The fourth-order valence-electron chi connectivity index (χ4n) is 0.144. The van der Waals surface area contributed by atoms with E-state index in [0.29, 0.717) is 17.0 Å². The van der Waals surface area contributed by atoms with Crippen LogP contribution in [-0.2, 0) is 0 Å². The second-order valence-corrected chi connectivity index (χ2v) is 21.9. The summed E-state index contributed by atoms with van der Waals surface area (Å²) in [5, 5.41) is 0.